The van der Waals surface area contributed by atoms with E-state index in [1.54, 1.807) is 30.5 Å². The smallest absolute Gasteiger partial charge is 0.268 e. The molecule has 8 heteroatoms. The van der Waals surface area contributed by atoms with Gasteiger partial charge in [0.15, 0.2) is 5.78 Å². The highest BCUT2D eigenvalue weighted by Gasteiger charge is 2.47. The largest absolute Gasteiger partial charge is 0.320 e. The van der Waals surface area contributed by atoms with Gasteiger partial charge in [-0.3, -0.25) is 14.6 Å². The number of benzene rings is 1. The summed E-state index contributed by atoms with van der Waals surface area (Å²) in [5.74, 6) is -3.93. The molecule has 156 valence electrons. The van der Waals surface area contributed by atoms with E-state index >= 15 is 0 Å². The maximum absolute atomic E-state index is 13.5. The first-order valence-corrected chi connectivity index (χ1v) is 9.94. The van der Waals surface area contributed by atoms with Crippen LogP contribution in [-0.4, -0.2) is 40.1 Å². The van der Waals surface area contributed by atoms with Gasteiger partial charge < -0.3 is 4.90 Å². The summed E-state index contributed by atoms with van der Waals surface area (Å²) in [7, 11) is 0. The van der Waals surface area contributed by atoms with Crippen molar-refractivity contribution in [1.29, 1.82) is 5.26 Å². The Kier molecular flexibility index (Phi) is 6.78. The van der Waals surface area contributed by atoms with Crippen molar-refractivity contribution < 1.29 is 18.4 Å². The number of rotatable bonds is 7. The molecule has 2 heterocycles. The minimum absolute atomic E-state index is 0.114. The van der Waals surface area contributed by atoms with Crippen LogP contribution in [-0.2, 0) is 17.6 Å². The van der Waals surface area contributed by atoms with Crippen LogP contribution in [0.2, 0.25) is 5.02 Å². The first kappa shape index (κ1) is 21.8. The van der Waals surface area contributed by atoms with Crippen LogP contribution in [0.3, 0.4) is 0 Å². The summed E-state index contributed by atoms with van der Waals surface area (Å²) in [6.45, 7) is -0.778. The number of Topliss-reactive ketones (excluding diaryl/α,β-unsaturated/α-hetero) is 1. The molecule has 1 saturated heterocycles. The molecule has 2 aromatic rings. The topological polar surface area (TPSA) is 74.1 Å². The normalized spacial score (nSPS) is 17.5. The molecule has 3 rings (SSSR count). The molecule has 5 nitrogen and oxygen atoms in total. The summed E-state index contributed by atoms with van der Waals surface area (Å²) in [6.07, 6.45) is 3.41. The fourth-order valence-corrected chi connectivity index (χ4v) is 3.65. The summed E-state index contributed by atoms with van der Waals surface area (Å²) >= 11 is 5.89. The summed E-state index contributed by atoms with van der Waals surface area (Å²) in [5.41, 5.74) is 2.29. The molecule has 0 spiro atoms. The van der Waals surface area contributed by atoms with Gasteiger partial charge in [0, 0.05) is 42.2 Å². The molecule has 1 atom stereocenters. The van der Waals surface area contributed by atoms with Crippen molar-refractivity contribution in [2.24, 2.45) is 0 Å². The summed E-state index contributed by atoms with van der Waals surface area (Å²) in [6, 6.07) is 9.61. The average molecular weight is 432 g/mol. The number of nitriles is 1. The third kappa shape index (κ3) is 5.39. The van der Waals surface area contributed by atoms with Crippen molar-refractivity contribution in [2.45, 2.75) is 44.1 Å². The van der Waals surface area contributed by atoms with Crippen molar-refractivity contribution >= 4 is 23.3 Å². The molecule has 0 bridgehead atoms. The molecule has 30 heavy (non-hydrogen) atoms. The molecule has 0 aliphatic carbocycles. The monoisotopic (exact) mass is 431 g/mol. The zero-order valence-corrected chi connectivity index (χ0v) is 16.9. The third-order valence-corrected chi connectivity index (χ3v) is 5.36. The number of alkyl halides is 2. The number of aryl methyl sites for hydroxylation is 2. The van der Waals surface area contributed by atoms with E-state index in [9.17, 15) is 18.4 Å². The number of ketones is 1. The van der Waals surface area contributed by atoms with Crippen LogP contribution in [0, 0.1) is 11.3 Å². The Morgan fingerprint density at radius 3 is 2.63 bits per heavy atom. The fourth-order valence-electron chi connectivity index (χ4n) is 3.52. The van der Waals surface area contributed by atoms with E-state index in [1.807, 2.05) is 12.1 Å². The molecule has 1 amide bonds. The molecule has 0 unspecified atom stereocenters. The number of amides is 1. The van der Waals surface area contributed by atoms with E-state index in [0.717, 1.165) is 16.0 Å². The highest BCUT2D eigenvalue weighted by atomic mass is 35.5. The number of pyridine rings is 1. The summed E-state index contributed by atoms with van der Waals surface area (Å²) < 4.78 is 27.1. The highest BCUT2D eigenvalue weighted by molar-refractivity contribution is 6.30. The lowest BCUT2D eigenvalue weighted by Crippen LogP contribution is -2.36. The van der Waals surface area contributed by atoms with Crippen LogP contribution < -0.4 is 0 Å². The lowest BCUT2D eigenvalue weighted by atomic mass is 9.97. The molecule has 1 aromatic carbocycles. The molecule has 1 aliphatic rings. The second kappa shape index (κ2) is 9.31. The van der Waals surface area contributed by atoms with E-state index in [-0.39, 0.29) is 18.6 Å². The van der Waals surface area contributed by atoms with E-state index in [4.69, 9.17) is 16.9 Å². The van der Waals surface area contributed by atoms with E-state index in [0.29, 0.717) is 23.4 Å². The predicted molar refractivity (Wildman–Crippen MR) is 107 cm³/mol. The summed E-state index contributed by atoms with van der Waals surface area (Å²) in [5, 5.41) is 9.67. The van der Waals surface area contributed by atoms with Gasteiger partial charge in [0.25, 0.3) is 5.92 Å². The number of nitrogens with zero attached hydrogens (tertiary/aromatic N) is 3. The van der Waals surface area contributed by atoms with Crippen LogP contribution in [0.15, 0.2) is 42.7 Å². The maximum Gasteiger partial charge on any atom is 0.268 e. The minimum atomic E-state index is -3.07. The van der Waals surface area contributed by atoms with Gasteiger partial charge in [-0.05, 0) is 42.2 Å². The molecular weight excluding hydrogens is 412 g/mol. The number of halogens is 3. The standard InChI is InChI=1S/C22H20ClF2N3O2/c23-17-5-2-15(3-6-17)1-4-16-13-27-10-9-19(16)20(29)7-8-21(30)28-14-22(24,25)11-18(28)12-26/h2-3,5-6,9-10,13,18H,1,4,7-8,11,14H2/t18-/m0/s1. The molecule has 0 N–H and O–H groups in total. The van der Waals surface area contributed by atoms with Crippen LogP contribution in [0.4, 0.5) is 8.78 Å². The Labute approximate surface area is 178 Å². The minimum Gasteiger partial charge on any atom is -0.320 e. The van der Waals surface area contributed by atoms with Gasteiger partial charge in [-0.25, -0.2) is 8.78 Å². The zero-order valence-electron chi connectivity index (χ0n) is 16.2. The van der Waals surface area contributed by atoms with Gasteiger partial charge in [-0.1, -0.05) is 23.7 Å². The molecular formula is C22H20ClF2N3O2. The number of hydrogen-bond acceptors (Lipinski definition) is 4. The second-order valence-corrected chi connectivity index (χ2v) is 7.75. The Hall–Kier alpha value is -2.85. The van der Waals surface area contributed by atoms with Gasteiger partial charge in [-0.2, -0.15) is 5.26 Å². The molecule has 1 aromatic heterocycles. The lowest BCUT2D eigenvalue weighted by molar-refractivity contribution is -0.132. The van der Waals surface area contributed by atoms with Gasteiger partial charge >= 0.3 is 0 Å². The van der Waals surface area contributed by atoms with E-state index in [1.165, 1.54) is 6.20 Å². The average Bonchev–Trinajstić information content (AvgIpc) is 3.06. The van der Waals surface area contributed by atoms with Crippen molar-refractivity contribution in [3.63, 3.8) is 0 Å². The van der Waals surface area contributed by atoms with Crippen LogP contribution in [0.25, 0.3) is 0 Å². The van der Waals surface area contributed by atoms with Gasteiger partial charge in [0.05, 0.1) is 12.6 Å². The first-order chi connectivity index (χ1) is 14.3. The number of hydrogen-bond donors (Lipinski definition) is 0. The Bertz CT molecular complexity index is 973. The number of likely N-dealkylation sites (tertiary alicyclic amines) is 1. The number of aromatic nitrogens is 1. The fraction of sp³-hybridized carbons (Fsp3) is 0.364. The molecule has 1 aliphatic heterocycles. The van der Waals surface area contributed by atoms with E-state index in [2.05, 4.69) is 4.98 Å². The van der Waals surface area contributed by atoms with Gasteiger partial charge in [-0.15, -0.1) is 0 Å². The lowest BCUT2D eigenvalue weighted by Gasteiger charge is -2.19. The van der Waals surface area contributed by atoms with Crippen LogP contribution >= 0.6 is 11.6 Å². The van der Waals surface area contributed by atoms with E-state index < -0.39 is 30.8 Å². The Morgan fingerprint density at radius 2 is 1.93 bits per heavy atom. The van der Waals surface area contributed by atoms with Crippen LogP contribution in [0.5, 0.6) is 0 Å². The number of carbonyl (C=O) groups is 2. The second-order valence-electron chi connectivity index (χ2n) is 7.31. The van der Waals surface area contributed by atoms with Crippen molar-refractivity contribution in [3.05, 3.63) is 64.4 Å². The zero-order chi connectivity index (χ0) is 21.7. The highest BCUT2D eigenvalue weighted by Crippen LogP contribution is 2.32. The quantitative estimate of drug-likeness (QED) is 0.614. The Morgan fingerprint density at radius 1 is 1.20 bits per heavy atom. The third-order valence-electron chi connectivity index (χ3n) is 5.11. The van der Waals surface area contributed by atoms with Crippen molar-refractivity contribution in [3.8, 4) is 6.07 Å². The molecule has 1 fully saturated rings. The van der Waals surface area contributed by atoms with Crippen LogP contribution in [0.1, 0.15) is 40.7 Å². The summed E-state index contributed by atoms with van der Waals surface area (Å²) in [4.78, 5) is 30.0. The predicted octanol–water partition coefficient (Wildman–Crippen LogP) is 4.24. The van der Waals surface area contributed by atoms with Crippen molar-refractivity contribution in [1.82, 2.24) is 9.88 Å². The first-order valence-electron chi connectivity index (χ1n) is 9.56. The maximum atomic E-state index is 13.5. The van der Waals surface area contributed by atoms with Gasteiger partial charge in [0.1, 0.15) is 6.04 Å². The van der Waals surface area contributed by atoms with Gasteiger partial charge in [0.2, 0.25) is 5.91 Å². The Balaban J connectivity index is 1.61. The number of carbonyl (C=O) groups excluding carboxylic acids is 2. The van der Waals surface area contributed by atoms with Crippen molar-refractivity contribution in [2.75, 3.05) is 6.54 Å². The molecule has 0 radical (unpaired) electrons. The SMILES string of the molecule is N#C[C@@H]1CC(F)(F)CN1C(=O)CCC(=O)c1ccncc1CCc1ccc(Cl)cc1. The molecule has 0 saturated carbocycles.